The molecule has 1 aromatic heterocycles. The molecule has 0 fully saturated rings. The fraction of sp³-hybridized carbons (Fsp3) is 0.176. The van der Waals surface area contributed by atoms with E-state index in [9.17, 15) is 9.18 Å². The van der Waals surface area contributed by atoms with Crippen LogP contribution in [0.1, 0.15) is 22.8 Å². The number of aryl methyl sites for hydroxylation is 1. The number of carbonyl (C=O) groups excluding carboxylic acids is 1. The minimum Gasteiger partial charge on any atom is -0.284 e. The molecule has 0 aliphatic rings. The van der Waals surface area contributed by atoms with Crippen molar-refractivity contribution >= 4 is 44.2 Å². The average molecular weight is 349 g/mol. The summed E-state index contributed by atoms with van der Waals surface area (Å²) in [7, 11) is 0. The van der Waals surface area contributed by atoms with E-state index in [4.69, 9.17) is 11.6 Å². The molecular weight excluding hydrogens is 335 g/mol. The van der Waals surface area contributed by atoms with Crippen LogP contribution >= 0.6 is 22.9 Å². The molecule has 0 bridgehead atoms. The lowest BCUT2D eigenvalue weighted by atomic mass is 10.1. The molecule has 0 saturated carbocycles. The van der Waals surface area contributed by atoms with Gasteiger partial charge in [0.1, 0.15) is 5.82 Å². The highest BCUT2D eigenvalue weighted by molar-refractivity contribution is 7.22. The summed E-state index contributed by atoms with van der Waals surface area (Å²) >= 11 is 7.39. The Morgan fingerprint density at radius 3 is 2.78 bits per heavy atom. The highest BCUT2D eigenvalue weighted by atomic mass is 35.5. The standard InChI is InChI=1S/C17H14ClFN2OS/c1-3-21(16(22)11-5-4-10(2)13(19)8-11)17-20-14-9-12(18)6-7-15(14)23-17/h4-9H,3H2,1-2H3. The highest BCUT2D eigenvalue weighted by Gasteiger charge is 2.20. The van der Waals surface area contributed by atoms with Crippen LogP contribution in [0.5, 0.6) is 0 Å². The first-order chi connectivity index (χ1) is 11.0. The second-order valence-electron chi connectivity index (χ2n) is 5.12. The number of carbonyl (C=O) groups is 1. The summed E-state index contributed by atoms with van der Waals surface area (Å²) < 4.78 is 14.7. The van der Waals surface area contributed by atoms with Crippen molar-refractivity contribution in [3.8, 4) is 0 Å². The molecule has 23 heavy (non-hydrogen) atoms. The summed E-state index contributed by atoms with van der Waals surface area (Å²) in [6.45, 7) is 3.97. The first kappa shape index (κ1) is 15.9. The Labute approximate surface area is 142 Å². The van der Waals surface area contributed by atoms with E-state index in [1.54, 1.807) is 36.1 Å². The van der Waals surface area contributed by atoms with Crippen LogP contribution in [0.3, 0.4) is 0 Å². The zero-order valence-corrected chi connectivity index (χ0v) is 14.2. The van der Waals surface area contributed by atoms with Crippen molar-refractivity contribution in [1.29, 1.82) is 0 Å². The number of rotatable bonds is 3. The van der Waals surface area contributed by atoms with Crippen molar-refractivity contribution < 1.29 is 9.18 Å². The Kier molecular flexibility index (Phi) is 4.33. The maximum Gasteiger partial charge on any atom is 0.260 e. The maximum atomic E-state index is 13.7. The number of fused-ring (bicyclic) bond motifs is 1. The second kappa shape index (κ2) is 6.26. The van der Waals surface area contributed by atoms with Gasteiger partial charge in [-0.05, 0) is 49.7 Å². The number of aromatic nitrogens is 1. The molecule has 0 aliphatic carbocycles. The molecule has 3 rings (SSSR count). The smallest absolute Gasteiger partial charge is 0.260 e. The van der Waals surface area contributed by atoms with Gasteiger partial charge in [0.25, 0.3) is 5.91 Å². The molecule has 0 spiro atoms. The van der Waals surface area contributed by atoms with E-state index in [1.165, 1.54) is 17.4 Å². The van der Waals surface area contributed by atoms with Gasteiger partial charge in [-0.2, -0.15) is 0 Å². The van der Waals surface area contributed by atoms with Gasteiger partial charge in [-0.3, -0.25) is 9.69 Å². The molecule has 0 N–H and O–H groups in total. The van der Waals surface area contributed by atoms with Crippen molar-refractivity contribution in [1.82, 2.24) is 4.98 Å². The lowest BCUT2D eigenvalue weighted by Crippen LogP contribution is -2.30. The van der Waals surface area contributed by atoms with E-state index in [0.717, 1.165) is 10.2 Å². The van der Waals surface area contributed by atoms with Crippen molar-refractivity contribution in [2.45, 2.75) is 13.8 Å². The molecule has 6 heteroatoms. The van der Waals surface area contributed by atoms with Crippen LogP contribution in [-0.2, 0) is 0 Å². The number of benzene rings is 2. The summed E-state index contributed by atoms with van der Waals surface area (Å²) in [6.07, 6.45) is 0. The van der Waals surface area contributed by atoms with Crippen molar-refractivity contribution in [2.24, 2.45) is 0 Å². The molecule has 0 aliphatic heterocycles. The summed E-state index contributed by atoms with van der Waals surface area (Å²) in [5, 5.41) is 1.18. The van der Waals surface area contributed by atoms with Crippen molar-refractivity contribution in [2.75, 3.05) is 11.4 Å². The third-order valence-corrected chi connectivity index (χ3v) is 4.84. The highest BCUT2D eigenvalue weighted by Crippen LogP contribution is 2.31. The molecule has 0 atom stereocenters. The summed E-state index contributed by atoms with van der Waals surface area (Å²) in [6, 6.07) is 9.94. The van der Waals surface area contributed by atoms with E-state index in [2.05, 4.69) is 4.98 Å². The minimum absolute atomic E-state index is 0.267. The number of amides is 1. The molecule has 1 heterocycles. The van der Waals surface area contributed by atoms with Crippen LogP contribution in [0.2, 0.25) is 5.02 Å². The summed E-state index contributed by atoms with van der Waals surface area (Å²) in [5.74, 6) is -0.653. The van der Waals surface area contributed by atoms with Gasteiger partial charge in [-0.15, -0.1) is 0 Å². The van der Waals surface area contributed by atoms with Crippen LogP contribution in [0.15, 0.2) is 36.4 Å². The molecule has 3 nitrogen and oxygen atoms in total. The first-order valence-corrected chi connectivity index (χ1v) is 8.33. The SMILES string of the molecule is CCN(C(=O)c1ccc(C)c(F)c1)c1nc2cc(Cl)ccc2s1. The van der Waals surface area contributed by atoms with Gasteiger partial charge in [0.2, 0.25) is 0 Å². The fourth-order valence-electron chi connectivity index (χ4n) is 2.25. The molecule has 0 unspecified atom stereocenters. The monoisotopic (exact) mass is 348 g/mol. The predicted molar refractivity (Wildman–Crippen MR) is 93.1 cm³/mol. The molecule has 118 valence electrons. The number of halogens is 2. The van der Waals surface area contributed by atoms with Gasteiger partial charge in [0.05, 0.1) is 10.2 Å². The van der Waals surface area contributed by atoms with Gasteiger partial charge in [0, 0.05) is 17.1 Å². The van der Waals surface area contributed by atoms with E-state index in [0.29, 0.717) is 27.8 Å². The van der Waals surface area contributed by atoms with Gasteiger partial charge in [0.15, 0.2) is 5.13 Å². The molecule has 1 amide bonds. The fourth-order valence-corrected chi connectivity index (χ4v) is 3.43. The largest absolute Gasteiger partial charge is 0.284 e. The third kappa shape index (κ3) is 3.07. The number of thiazole rings is 1. The minimum atomic E-state index is -0.386. The van der Waals surface area contributed by atoms with E-state index >= 15 is 0 Å². The average Bonchev–Trinajstić information content (AvgIpc) is 2.93. The first-order valence-electron chi connectivity index (χ1n) is 7.13. The number of hydrogen-bond acceptors (Lipinski definition) is 3. The predicted octanol–water partition coefficient (Wildman–Crippen LogP) is 5.06. The molecule has 2 aromatic carbocycles. The number of hydrogen-bond donors (Lipinski definition) is 0. The lowest BCUT2D eigenvalue weighted by molar-refractivity contribution is 0.0988. The third-order valence-electron chi connectivity index (χ3n) is 3.55. The molecule has 0 saturated heterocycles. The lowest BCUT2D eigenvalue weighted by Gasteiger charge is -2.17. The zero-order chi connectivity index (χ0) is 16.6. The quantitative estimate of drug-likeness (QED) is 0.662. The maximum absolute atomic E-state index is 13.7. The van der Waals surface area contributed by atoms with Crippen LogP contribution in [0, 0.1) is 12.7 Å². The second-order valence-corrected chi connectivity index (χ2v) is 6.57. The van der Waals surface area contributed by atoms with Gasteiger partial charge >= 0.3 is 0 Å². The van der Waals surface area contributed by atoms with Crippen molar-refractivity contribution in [3.63, 3.8) is 0 Å². The zero-order valence-electron chi connectivity index (χ0n) is 12.6. The Morgan fingerprint density at radius 1 is 1.30 bits per heavy atom. The summed E-state index contributed by atoms with van der Waals surface area (Å²) in [5.41, 5.74) is 1.57. The van der Waals surface area contributed by atoms with Crippen LogP contribution in [-0.4, -0.2) is 17.4 Å². The molecule has 0 radical (unpaired) electrons. The Balaban J connectivity index is 1.99. The topological polar surface area (TPSA) is 33.2 Å². The molecule has 3 aromatic rings. The Bertz CT molecular complexity index is 893. The van der Waals surface area contributed by atoms with Gasteiger partial charge < -0.3 is 0 Å². The van der Waals surface area contributed by atoms with Crippen LogP contribution < -0.4 is 4.90 Å². The Hall–Kier alpha value is -1.98. The van der Waals surface area contributed by atoms with Gasteiger partial charge in [-0.1, -0.05) is 29.0 Å². The van der Waals surface area contributed by atoms with E-state index < -0.39 is 0 Å². The number of nitrogens with zero attached hydrogens (tertiary/aromatic N) is 2. The normalized spacial score (nSPS) is 11.0. The van der Waals surface area contributed by atoms with Crippen LogP contribution in [0.25, 0.3) is 10.2 Å². The van der Waals surface area contributed by atoms with Gasteiger partial charge in [-0.25, -0.2) is 9.37 Å². The van der Waals surface area contributed by atoms with E-state index in [1.807, 2.05) is 13.0 Å². The van der Waals surface area contributed by atoms with Crippen LogP contribution in [0.4, 0.5) is 9.52 Å². The number of anilines is 1. The van der Waals surface area contributed by atoms with Crippen molar-refractivity contribution in [3.05, 3.63) is 58.4 Å². The Morgan fingerprint density at radius 2 is 2.09 bits per heavy atom. The molecular formula is C17H14ClFN2OS. The summed E-state index contributed by atoms with van der Waals surface area (Å²) in [4.78, 5) is 18.7. The van der Waals surface area contributed by atoms with E-state index in [-0.39, 0.29) is 11.7 Å².